The summed E-state index contributed by atoms with van der Waals surface area (Å²) >= 11 is 6.40. The van der Waals surface area contributed by atoms with E-state index in [4.69, 9.17) is 32.0 Å². The van der Waals surface area contributed by atoms with E-state index in [0.29, 0.717) is 39.5 Å². The summed E-state index contributed by atoms with van der Waals surface area (Å²) in [4.78, 5) is 21.8. The highest BCUT2D eigenvalue weighted by molar-refractivity contribution is 6.33. The molecule has 0 fully saturated rings. The Kier molecular flexibility index (Phi) is 6.54. The fourth-order valence-corrected chi connectivity index (χ4v) is 3.30. The standard InChI is InChI=1S/C25H25ClN6O2/c1-25(2,27)24(33)29-16-8-6-7-15(13-16)28-22-23(31-20-10-5-4-9-19(20)30-22)32-21-14-17(34-3)11-12-18(21)26/h4-14H,27H2,1-3H3,(H,28,30)(H,29,33)(H,31,32). The molecule has 0 saturated heterocycles. The summed E-state index contributed by atoms with van der Waals surface area (Å²) in [6.45, 7) is 3.30. The van der Waals surface area contributed by atoms with E-state index in [1.807, 2.05) is 36.4 Å². The van der Waals surface area contributed by atoms with Crippen LogP contribution in [-0.4, -0.2) is 28.5 Å². The number of anilines is 5. The molecule has 0 unspecified atom stereocenters. The molecule has 1 aromatic heterocycles. The van der Waals surface area contributed by atoms with Crippen LogP contribution in [0.4, 0.5) is 28.7 Å². The molecule has 174 valence electrons. The summed E-state index contributed by atoms with van der Waals surface area (Å²) in [7, 11) is 1.59. The Morgan fingerprint density at radius 1 is 0.912 bits per heavy atom. The van der Waals surface area contributed by atoms with Crippen LogP contribution in [0.25, 0.3) is 11.0 Å². The number of hydrogen-bond acceptors (Lipinski definition) is 7. The number of ether oxygens (including phenoxy) is 1. The number of fused-ring (bicyclic) bond motifs is 1. The number of amides is 1. The molecule has 1 amide bonds. The lowest BCUT2D eigenvalue weighted by Crippen LogP contribution is -2.45. The molecule has 0 bridgehead atoms. The van der Waals surface area contributed by atoms with E-state index in [2.05, 4.69) is 16.0 Å². The molecule has 0 atom stereocenters. The quantitative estimate of drug-likeness (QED) is 0.280. The van der Waals surface area contributed by atoms with Crippen LogP contribution in [0.1, 0.15) is 13.8 Å². The van der Waals surface area contributed by atoms with E-state index in [9.17, 15) is 4.79 Å². The summed E-state index contributed by atoms with van der Waals surface area (Å²) in [5.74, 6) is 1.33. The van der Waals surface area contributed by atoms with Crippen molar-refractivity contribution in [2.45, 2.75) is 19.4 Å². The van der Waals surface area contributed by atoms with E-state index >= 15 is 0 Å². The number of carbonyl (C=O) groups excluding carboxylic acids is 1. The zero-order chi connectivity index (χ0) is 24.3. The highest BCUT2D eigenvalue weighted by Crippen LogP contribution is 2.33. The van der Waals surface area contributed by atoms with Crippen LogP contribution in [0.3, 0.4) is 0 Å². The molecule has 0 radical (unpaired) electrons. The van der Waals surface area contributed by atoms with Gasteiger partial charge in [-0.3, -0.25) is 4.79 Å². The van der Waals surface area contributed by atoms with Crippen molar-refractivity contribution >= 4 is 57.2 Å². The van der Waals surface area contributed by atoms with Crippen molar-refractivity contribution < 1.29 is 9.53 Å². The zero-order valence-corrected chi connectivity index (χ0v) is 19.8. The summed E-state index contributed by atoms with van der Waals surface area (Å²) in [6.07, 6.45) is 0. The summed E-state index contributed by atoms with van der Waals surface area (Å²) in [6, 6.07) is 20.1. The number of methoxy groups -OCH3 is 1. The fourth-order valence-electron chi connectivity index (χ4n) is 3.13. The van der Waals surface area contributed by atoms with Crippen molar-refractivity contribution in [3.05, 3.63) is 71.8 Å². The minimum atomic E-state index is -1.000. The minimum absolute atomic E-state index is 0.287. The molecule has 4 rings (SSSR count). The maximum atomic E-state index is 12.3. The van der Waals surface area contributed by atoms with E-state index in [-0.39, 0.29) is 5.91 Å². The van der Waals surface area contributed by atoms with Crippen LogP contribution in [0, 0.1) is 0 Å². The van der Waals surface area contributed by atoms with Gasteiger partial charge in [-0.1, -0.05) is 29.8 Å². The average Bonchev–Trinajstić information content (AvgIpc) is 2.80. The van der Waals surface area contributed by atoms with Crippen LogP contribution in [0.2, 0.25) is 5.02 Å². The van der Waals surface area contributed by atoms with Gasteiger partial charge in [0.05, 0.1) is 34.4 Å². The molecule has 4 aromatic rings. The van der Waals surface area contributed by atoms with Gasteiger partial charge in [-0.25, -0.2) is 9.97 Å². The SMILES string of the molecule is COc1ccc(Cl)c(Nc2nc3ccccc3nc2Nc2cccc(NC(=O)C(C)(C)N)c2)c1. The van der Waals surface area contributed by atoms with Gasteiger partial charge in [-0.2, -0.15) is 0 Å². The van der Waals surface area contributed by atoms with Crippen molar-refractivity contribution in [1.82, 2.24) is 9.97 Å². The van der Waals surface area contributed by atoms with Crippen LogP contribution in [0.15, 0.2) is 66.7 Å². The molecule has 0 aliphatic carbocycles. The number of para-hydroxylation sites is 2. The van der Waals surface area contributed by atoms with Gasteiger partial charge in [0.15, 0.2) is 11.6 Å². The normalized spacial score (nSPS) is 11.2. The first-order chi connectivity index (χ1) is 16.2. The molecule has 0 aliphatic heterocycles. The van der Waals surface area contributed by atoms with Crippen molar-refractivity contribution in [1.29, 1.82) is 0 Å². The zero-order valence-electron chi connectivity index (χ0n) is 19.0. The van der Waals surface area contributed by atoms with Crippen molar-refractivity contribution in [2.24, 2.45) is 5.73 Å². The Hall–Kier alpha value is -3.88. The number of nitrogens with two attached hydrogens (primary N) is 1. The first-order valence-corrected chi connectivity index (χ1v) is 11.0. The number of nitrogens with one attached hydrogen (secondary N) is 3. The lowest BCUT2D eigenvalue weighted by molar-refractivity contribution is -0.120. The minimum Gasteiger partial charge on any atom is -0.497 e. The predicted molar refractivity (Wildman–Crippen MR) is 137 cm³/mol. The monoisotopic (exact) mass is 476 g/mol. The van der Waals surface area contributed by atoms with Crippen LogP contribution in [-0.2, 0) is 4.79 Å². The van der Waals surface area contributed by atoms with Gasteiger partial charge < -0.3 is 26.4 Å². The highest BCUT2D eigenvalue weighted by Gasteiger charge is 2.22. The third-order valence-electron chi connectivity index (χ3n) is 4.97. The molecule has 9 heteroatoms. The largest absolute Gasteiger partial charge is 0.497 e. The molecule has 0 spiro atoms. The summed E-state index contributed by atoms with van der Waals surface area (Å²) < 4.78 is 5.32. The highest BCUT2D eigenvalue weighted by atomic mass is 35.5. The number of benzene rings is 3. The molecule has 0 aliphatic rings. The number of rotatable bonds is 7. The Morgan fingerprint density at radius 2 is 1.56 bits per heavy atom. The first-order valence-electron chi connectivity index (χ1n) is 10.6. The van der Waals surface area contributed by atoms with Crippen LogP contribution in [0.5, 0.6) is 5.75 Å². The number of nitrogens with zero attached hydrogens (tertiary/aromatic N) is 2. The molecule has 5 N–H and O–H groups in total. The Morgan fingerprint density at radius 3 is 2.21 bits per heavy atom. The molecule has 3 aromatic carbocycles. The predicted octanol–water partition coefficient (Wildman–Crippen LogP) is 5.45. The van der Waals surface area contributed by atoms with Gasteiger partial charge in [-0.05, 0) is 56.3 Å². The Bertz CT molecular complexity index is 1350. The van der Waals surface area contributed by atoms with E-state index < -0.39 is 5.54 Å². The topological polar surface area (TPSA) is 114 Å². The van der Waals surface area contributed by atoms with E-state index in [1.165, 1.54) is 0 Å². The lowest BCUT2D eigenvalue weighted by atomic mass is 10.1. The third kappa shape index (κ3) is 5.36. The average molecular weight is 477 g/mol. The molecular weight excluding hydrogens is 452 g/mol. The molecule has 34 heavy (non-hydrogen) atoms. The number of hydrogen-bond donors (Lipinski definition) is 4. The number of aromatic nitrogens is 2. The second-order valence-electron chi connectivity index (χ2n) is 8.26. The third-order valence-corrected chi connectivity index (χ3v) is 5.30. The lowest BCUT2D eigenvalue weighted by Gasteiger charge is -2.18. The number of carbonyl (C=O) groups is 1. The van der Waals surface area contributed by atoms with Crippen LogP contribution < -0.4 is 26.4 Å². The van der Waals surface area contributed by atoms with Gasteiger partial charge in [0, 0.05) is 17.4 Å². The van der Waals surface area contributed by atoms with Crippen LogP contribution >= 0.6 is 11.6 Å². The second-order valence-corrected chi connectivity index (χ2v) is 8.67. The van der Waals surface area contributed by atoms with E-state index in [1.54, 1.807) is 51.3 Å². The van der Waals surface area contributed by atoms with Crippen molar-refractivity contribution in [3.63, 3.8) is 0 Å². The van der Waals surface area contributed by atoms with E-state index in [0.717, 1.165) is 11.0 Å². The fraction of sp³-hybridized carbons (Fsp3) is 0.160. The maximum Gasteiger partial charge on any atom is 0.243 e. The Labute approximate surface area is 202 Å². The van der Waals surface area contributed by atoms with Crippen molar-refractivity contribution in [3.8, 4) is 5.75 Å². The molecule has 0 saturated carbocycles. The number of halogens is 1. The molecular formula is C25H25ClN6O2. The van der Waals surface area contributed by atoms with Gasteiger partial charge in [0.1, 0.15) is 5.75 Å². The molecule has 1 heterocycles. The second kappa shape index (κ2) is 9.54. The Balaban J connectivity index is 1.70. The van der Waals surface area contributed by atoms with Gasteiger partial charge in [0.2, 0.25) is 5.91 Å². The maximum absolute atomic E-state index is 12.3. The van der Waals surface area contributed by atoms with Gasteiger partial charge in [-0.15, -0.1) is 0 Å². The van der Waals surface area contributed by atoms with Gasteiger partial charge in [0.25, 0.3) is 0 Å². The summed E-state index contributed by atoms with van der Waals surface area (Å²) in [5, 5.41) is 9.89. The smallest absolute Gasteiger partial charge is 0.243 e. The van der Waals surface area contributed by atoms with Gasteiger partial charge >= 0.3 is 0 Å². The van der Waals surface area contributed by atoms with Crippen molar-refractivity contribution in [2.75, 3.05) is 23.1 Å². The molecule has 8 nitrogen and oxygen atoms in total. The first kappa shape index (κ1) is 23.3. The summed E-state index contributed by atoms with van der Waals surface area (Å²) in [5.41, 5.74) is 8.28.